The minimum absolute atomic E-state index is 0.140. The minimum atomic E-state index is -0.409. The normalized spacial score (nSPS) is 14.3. The zero-order valence-electron chi connectivity index (χ0n) is 15.5. The monoisotopic (exact) mass is 395 g/mol. The van der Waals surface area contributed by atoms with Crippen molar-refractivity contribution < 1.29 is 13.6 Å². The highest BCUT2D eigenvalue weighted by atomic mass is 19.1. The molecule has 6 nitrogen and oxygen atoms in total. The summed E-state index contributed by atoms with van der Waals surface area (Å²) in [6.45, 7) is 0. The molecule has 0 atom stereocenters. The SMILES string of the molecule is O=C(NC(=NC1CCC1)Nc1cc(-c2ccc(F)cc2)[nH]n1)c1ccc(F)cc1. The molecule has 1 heterocycles. The summed E-state index contributed by atoms with van der Waals surface area (Å²) in [6, 6.07) is 13.2. The van der Waals surface area contributed by atoms with Crippen LogP contribution in [0.15, 0.2) is 59.6 Å². The van der Waals surface area contributed by atoms with E-state index in [-0.39, 0.29) is 17.8 Å². The van der Waals surface area contributed by atoms with Crippen LogP contribution in [0.1, 0.15) is 29.6 Å². The Morgan fingerprint density at radius 3 is 2.31 bits per heavy atom. The number of aromatic nitrogens is 2. The van der Waals surface area contributed by atoms with Crippen molar-refractivity contribution in [3.05, 3.63) is 71.8 Å². The van der Waals surface area contributed by atoms with Crippen LogP contribution in [-0.2, 0) is 0 Å². The molecule has 0 unspecified atom stereocenters. The molecule has 29 heavy (non-hydrogen) atoms. The summed E-state index contributed by atoms with van der Waals surface area (Å²) >= 11 is 0. The fraction of sp³-hybridized carbons (Fsp3) is 0.190. The van der Waals surface area contributed by atoms with Crippen molar-refractivity contribution in [2.45, 2.75) is 25.3 Å². The van der Waals surface area contributed by atoms with Gasteiger partial charge in [-0.15, -0.1) is 0 Å². The standard InChI is InChI=1S/C21H19F2N5O/c22-15-8-4-13(5-9-15)18-12-19(28-27-18)25-21(24-17-2-1-3-17)26-20(29)14-6-10-16(23)11-7-14/h4-12,17H,1-3H2,(H3,24,25,26,27,28,29). The van der Waals surface area contributed by atoms with E-state index in [9.17, 15) is 13.6 Å². The zero-order chi connectivity index (χ0) is 20.2. The number of aromatic amines is 1. The van der Waals surface area contributed by atoms with Gasteiger partial charge in [0, 0.05) is 11.6 Å². The first-order valence-electron chi connectivity index (χ1n) is 9.30. The van der Waals surface area contributed by atoms with Crippen LogP contribution >= 0.6 is 0 Å². The van der Waals surface area contributed by atoms with E-state index in [1.54, 1.807) is 18.2 Å². The number of hydrogen-bond acceptors (Lipinski definition) is 3. The maximum absolute atomic E-state index is 13.1. The topological polar surface area (TPSA) is 82.2 Å². The first-order valence-corrected chi connectivity index (χ1v) is 9.30. The molecule has 1 aromatic heterocycles. The lowest BCUT2D eigenvalue weighted by Gasteiger charge is -2.22. The Morgan fingerprint density at radius 2 is 1.69 bits per heavy atom. The van der Waals surface area contributed by atoms with Gasteiger partial charge in [-0.25, -0.2) is 13.8 Å². The van der Waals surface area contributed by atoms with Gasteiger partial charge in [-0.1, -0.05) is 0 Å². The van der Waals surface area contributed by atoms with E-state index in [0.717, 1.165) is 24.8 Å². The lowest BCUT2D eigenvalue weighted by atomic mass is 9.94. The van der Waals surface area contributed by atoms with Crippen LogP contribution in [0.25, 0.3) is 11.3 Å². The van der Waals surface area contributed by atoms with Gasteiger partial charge in [-0.3, -0.25) is 15.2 Å². The fourth-order valence-electron chi connectivity index (χ4n) is 2.86. The number of carbonyl (C=O) groups is 1. The second kappa shape index (κ2) is 8.22. The van der Waals surface area contributed by atoms with Crippen molar-refractivity contribution in [2.24, 2.45) is 4.99 Å². The third kappa shape index (κ3) is 4.66. The molecule has 4 rings (SSSR count). The van der Waals surface area contributed by atoms with E-state index in [1.807, 2.05) is 0 Å². The third-order valence-electron chi connectivity index (χ3n) is 4.70. The molecule has 1 aliphatic rings. The maximum Gasteiger partial charge on any atom is 0.257 e. The molecule has 0 bridgehead atoms. The van der Waals surface area contributed by atoms with Gasteiger partial charge in [-0.2, -0.15) is 5.10 Å². The summed E-state index contributed by atoms with van der Waals surface area (Å²) in [7, 11) is 0. The number of hydrogen-bond donors (Lipinski definition) is 3. The van der Waals surface area contributed by atoms with Gasteiger partial charge in [-0.05, 0) is 73.4 Å². The molecule has 0 radical (unpaired) electrons. The van der Waals surface area contributed by atoms with Crippen LogP contribution in [-0.4, -0.2) is 28.1 Å². The van der Waals surface area contributed by atoms with E-state index in [0.29, 0.717) is 17.1 Å². The molecule has 3 N–H and O–H groups in total. The molecule has 0 aliphatic heterocycles. The number of anilines is 1. The Balaban J connectivity index is 1.50. The average Bonchev–Trinajstić information content (AvgIpc) is 3.14. The van der Waals surface area contributed by atoms with E-state index in [2.05, 4.69) is 25.8 Å². The summed E-state index contributed by atoms with van der Waals surface area (Å²) < 4.78 is 26.2. The van der Waals surface area contributed by atoms with Crippen molar-refractivity contribution in [1.29, 1.82) is 0 Å². The first-order chi connectivity index (χ1) is 14.1. The van der Waals surface area contributed by atoms with Crippen molar-refractivity contribution >= 4 is 17.7 Å². The zero-order valence-corrected chi connectivity index (χ0v) is 15.5. The number of halogens is 2. The Morgan fingerprint density at radius 1 is 1.03 bits per heavy atom. The second-order valence-corrected chi connectivity index (χ2v) is 6.82. The number of amides is 1. The Labute approximate surface area is 166 Å². The van der Waals surface area contributed by atoms with Crippen molar-refractivity contribution in [1.82, 2.24) is 15.5 Å². The summed E-state index contributed by atoms with van der Waals surface area (Å²) in [5.74, 6) is -0.384. The summed E-state index contributed by atoms with van der Waals surface area (Å²) in [6.07, 6.45) is 3.02. The van der Waals surface area contributed by atoms with Gasteiger partial charge in [0.25, 0.3) is 5.91 Å². The molecule has 1 fully saturated rings. The lowest BCUT2D eigenvalue weighted by molar-refractivity contribution is 0.0976. The molecule has 0 saturated heterocycles. The van der Waals surface area contributed by atoms with E-state index in [4.69, 9.17) is 0 Å². The van der Waals surface area contributed by atoms with Crippen molar-refractivity contribution in [3.8, 4) is 11.3 Å². The molecule has 1 aliphatic carbocycles. The van der Waals surface area contributed by atoms with Crippen molar-refractivity contribution in [2.75, 3.05) is 5.32 Å². The Hall–Kier alpha value is -3.55. The molecule has 148 valence electrons. The highest BCUT2D eigenvalue weighted by Crippen LogP contribution is 2.23. The minimum Gasteiger partial charge on any atom is -0.309 e. The summed E-state index contributed by atoms with van der Waals surface area (Å²) in [5, 5.41) is 12.8. The smallest absolute Gasteiger partial charge is 0.257 e. The Bertz CT molecular complexity index is 1020. The highest BCUT2D eigenvalue weighted by Gasteiger charge is 2.19. The molecule has 8 heteroatoms. The number of rotatable bonds is 4. The summed E-state index contributed by atoms with van der Waals surface area (Å²) in [5.41, 5.74) is 1.80. The van der Waals surface area contributed by atoms with E-state index < -0.39 is 11.7 Å². The number of H-pyrrole nitrogens is 1. The number of benzene rings is 2. The molecule has 1 amide bonds. The van der Waals surface area contributed by atoms with E-state index >= 15 is 0 Å². The Kier molecular flexibility index (Phi) is 5.33. The van der Waals surface area contributed by atoms with Crippen LogP contribution in [0, 0.1) is 11.6 Å². The highest BCUT2D eigenvalue weighted by molar-refractivity contribution is 6.09. The lowest BCUT2D eigenvalue weighted by Crippen LogP contribution is -2.38. The average molecular weight is 395 g/mol. The summed E-state index contributed by atoms with van der Waals surface area (Å²) in [4.78, 5) is 17.0. The number of carbonyl (C=O) groups excluding carboxylic acids is 1. The largest absolute Gasteiger partial charge is 0.309 e. The molecular weight excluding hydrogens is 376 g/mol. The van der Waals surface area contributed by atoms with Gasteiger partial charge in [0.1, 0.15) is 11.6 Å². The molecule has 3 aromatic rings. The van der Waals surface area contributed by atoms with Gasteiger partial charge in [0.2, 0.25) is 5.96 Å². The van der Waals surface area contributed by atoms with Gasteiger partial charge >= 0.3 is 0 Å². The van der Waals surface area contributed by atoms with Crippen LogP contribution < -0.4 is 10.6 Å². The van der Waals surface area contributed by atoms with Crippen LogP contribution in [0.4, 0.5) is 14.6 Å². The van der Waals surface area contributed by atoms with E-state index in [1.165, 1.54) is 36.4 Å². The molecule has 2 aromatic carbocycles. The van der Waals surface area contributed by atoms with Crippen LogP contribution in [0.5, 0.6) is 0 Å². The molecule has 0 spiro atoms. The second-order valence-electron chi connectivity index (χ2n) is 6.82. The fourth-order valence-corrected chi connectivity index (χ4v) is 2.86. The van der Waals surface area contributed by atoms with Gasteiger partial charge in [0.15, 0.2) is 5.82 Å². The van der Waals surface area contributed by atoms with Crippen molar-refractivity contribution in [3.63, 3.8) is 0 Å². The van der Waals surface area contributed by atoms with Crippen LogP contribution in [0.3, 0.4) is 0 Å². The molecule has 1 saturated carbocycles. The predicted molar refractivity (Wildman–Crippen MR) is 107 cm³/mol. The number of aliphatic imine (C=N–C) groups is 1. The van der Waals surface area contributed by atoms with Crippen LogP contribution in [0.2, 0.25) is 0 Å². The number of nitrogens with zero attached hydrogens (tertiary/aromatic N) is 2. The quantitative estimate of drug-likeness (QED) is 0.459. The maximum atomic E-state index is 13.1. The number of nitrogens with one attached hydrogen (secondary N) is 3. The number of guanidine groups is 1. The molecular formula is C21H19F2N5O. The predicted octanol–water partition coefficient (Wildman–Crippen LogP) is 4.11. The van der Waals surface area contributed by atoms with Gasteiger partial charge in [0.05, 0.1) is 11.7 Å². The first kappa shape index (κ1) is 18.8. The third-order valence-corrected chi connectivity index (χ3v) is 4.70. The van der Waals surface area contributed by atoms with Gasteiger partial charge < -0.3 is 5.32 Å².